The lowest BCUT2D eigenvalue weighted by Gasteiger charge is -2.38. The molecule has 1 atom stereocenters. The summed E-state index contributed by atoms with van der Waals surface area (Å²) in [7, 11) is 0. The second kappa shape index (κ2) is 6.37. The van der Waals surface area contributed by atoms with E-state index in [1.54, 1.807) is 18.2 Å². The van der Waals surface area contributed by atoms with Gasteiger partial charge in [0.25, 0.3) is 5.91 Å². The van der Waals surface area contributed by atoms with Gasteiger partial charge in [-0.25, -0.2) is 4.98 Å². The lowest BCUT2D eigenvalue weighted by Crippen LogP contribution is -2.52. The third-order valence-corrected chi connectivity index (χ3v) is 4.45. The first-order chi connectivity index (χ1) is 11.4. The highest BCUT2D eigenvalue weighted by molar-refractivity contribution is 6.31. The van der Waals surface area contributed by atoms with Gasteiger partial charge in [-0.05, 0) is 31.0 Å². The highest BCUT2D eigenvalue weighted by Crippen LogP contribution is 2.26. The van der Waals surface area contributed by atoms with Gasteiger partial charge in [0.2, 0.25) is 5.91 Å². The van der Waals surface area contributed by atoms with E-state index in [2.05, 4.69) is 4.98 Å². The van der Waals surface area contributed by atoms with Crippen molar-refractivity contribution in [2.24, 2.45) is 5.73 Å². The Balaban J connectivity index is 1.84. The Hall–Kier alpha value is -2.18. The molecule has 2 amide bonds. The number of primary amides is 1. The minimum Gasteiger partial charge on any atom is -0.388 e. The van der Waals surface area contributed by atoms with Gasteiger partial charge in [-0.3, -0.25) is 9.59 Å². The first kappa shape index (κ1) is 16.7. The summed E-state index contributed by atoms with van der Waals surface area (Å²) in [6, 6.07) is 8.77. The standard InChI is InChI=1S/C17H18ClN3O3/c18-12-4-2-11-3-5-13(20-14(11)8-12)16(23)21-7-1-6-17(24,10-21)9-15(19)22/h2-5,8,24H,1,6-7,9-10H2,(H2,19,22). The Labute approximate surface area is 144 Å². The van der Waals surface area contributed by atoms with E-state index in [0.29, 0.717) is 29.9 Å². The third kappa shape index (κ3) is 3.49. The third-order valence-electron chi connectivity index (χ3n) is 4.22. The number of carbonyl (C=O) groups excluding carboxylic acids is 2. The minimum absolute atomic E-state index is 0.0734. The second-order valence-corrected chi connectivity index (χ2v) is 6.67. The number of rotatable bonds is 3. The average molecular weight is 348 g/mol. The molecule has 1 aromatic carbocycles. The van der Waals surface area contributed by atoms with E-state index < -0.39 is 11.5 Å². The predicted molar refractivity (Wildman–Crippen MR) is 90.7 cm³/mol. The van der Waals surface area contributed by atoms with Crippen molar-refractivity contribution in [2.75, 3.05) is 13.1 Å². The molecule has 3 rings (SSSR count). The molecule has 0 saturated carbocycles. The van der Waals surface area contributed by atoms with E-state index in [-0.39, 0.29) is 24.6 Å². The molecule has 2 heterocycles. The molecular formula is C17H18ClN3O3. The molecule has 0 bridgehead atoms. The van der Waals surface area contributed by atoms with E-state index >= 15 is 0 Å². The van der Waals surface area contributed by atoms with Crippen molar-refractivity contribution in [1.82, 2.24) is 9.88 Å². The fraction of sp³-hybridized carbons (Fsp3) is 0.353. The molecule has 1 aliphatic rings. The number of halogens is 1. The van der Waals surface area contributed by atoms with Crippen molar-refractivity contribution < 1.29 is 14.7 Å². The molecule has 1 aliphatic heterocycles. The Kier molecular flexibility index (Phi) is 4.43. The fourth-order valence-electron chi connectivity index (χ4n) is 3.13. The maximum atomic E-state index is 12.7. The normalized spacial score (nSPS) is 21.0. The number of amides is 2. The zero-order valence-corrected chi connectivity index (χ0v) is 13.8. The summed E-state index contributed by atoms with van der Waals surface area (Å²) in [5.74, 6) is -0.857. The second-order valence-electron chi connectivity index (χ2n) is 6.23. The Morgan fingerprint density at radius 1 is 1.33 bits per heavy atom. The number of hydrogen-bond donors (Lipinski definition) is 2. The van der Waals surface area contributed by atoms with Crippen LogP contribution in [0.1, 0.15) is 29.8 Å². The van der Waals surface area contributed by atoms with Gasteiger partial charge in [0.15, 0.2) is 0 Å². The zero-order chi connectivity index (χ0) is 17.3. The molecule has 1 saturated heterocycles. The molecule has 24 heavy (non-hydrogen) atoms. The van der Waals surface area contributed by atoms with Crippen molar-refractivity contribution in [2.45, 2.75) is 24.9 Å². The van der Waals surface area contributed by atoms with Gasteiger partial charge in [0.1, 0.15) is 5.69 Å². The smallest absolute Gasteiger partial charge is 0.272 e. The summed E-state index contributed by atoms with van der Waals surface area (Å²) < 4.78 is 0. The van der Waals surface area contributed by atoms with E-state index in [0.717, 1.165) is 5.39 Å². The van der Waals surface area contributed by atoms with Crippen LogP contribution >= 0.6 is 11.6 Å². The van der Waals surface area contributed by atoms with Crippen LogP contribution in [0.2, 0.25) is 5.02 Å². The maximum absolute atomic E-state index is 12.7. The largest absolute Gasteiger partial charge is 0.388 e. The number of β-amino-alcohol motifs (C(OH)–C–C–N with tert-alkyl or cyclic N) is 1. The Bertz CT molecular complexity index is 811. The summed E-state index contributed by atoms with van der Waals surface area (Å²) in [6.07, 6.45) is 0.896. The zero-order valence-electron chi connectivity index (χ0n) is 13.0. The molecular weight excluding hydrogens is 330 g/mol. The number of likely N-dealkylation sites (tertiary alicyclic amines) is 1. The number of fused-ring (bicyclic) bond motifs is 1. The number of aromatic nitrogens is 1. The molecule has 1 unspecified atom stereocenters. The van der Waals surface area contributed by atoms with E-state index in [9.17, 15) is 14.7 Å². The molecule has 1 fully saturated rings. The lowest BCUT2D eigenvalue weighted by molar-refractivity contribution is -0.125. The predicted octanol–water partition coefficient (Wildman–Crippen LogP) is 1.73. The van der Waals surface area contributed by atoms with Crippen LogP contribution < -0.4 is 5.73 Å². The van der Waals surface area contributed by atoms with Gasteiger partial charge in [-0.15, -0.1) is 0 Å². The van der Waals surface area contributed by atoms with Gasteiger partial charge >= 0.3 is 0 Å². The molecule has 7 heteroatoms. The van der Waals surface area contributed by atoms with Gasteiger partial charge < -0.3 is 15.7 Å². The first-order valence-corrected chi connectivity index (χ1v) is 8.10. The van der Waals surface area contributed by atoms with Crippen molar-refractivity contribution >= 4 is 34.3 Å². The Morgan fingerprint density at radius 2 is 2.08 bits per heavy atom. The SMILES string of the molecule is NC(=O)CC1(O)CCCN(C(=O)c2ccc3ccc(Cl)cc3n2)C1. The van der Waals surface area contributed by atoms with E-state index in [1.165, 1.54) is 4.90 Å². The van der Waals surface area contributed by atoms with E-state index in [4.69, 9.17) is 17.3 Å². The van der Waals surface area contributed by atoms with Crippen LogP contribution in [-0.4, -0.2) is 45.5 Å². The molecule has 0 radical (unpaired) electrons. The van der Waals surface area contributed by atoms with Crippen molar-refractivity contribution in [3.8, 4) is 0 Å². The molecule has 0 aliphatic carbocycles. The highest BCUT2D eigenvalue weighted by atomic mass is 35.5. The summed E-state index contributed by atoms with van der Waals surface area (Å²) in [4.78, 5) is 29.7. The maximum Gasteiger partial charge on any atom is 0.272 e. The summed E-state index contributed by atoms with van der Waals surface area (Å²) >= 11 is 5.97. The molecule has 126 valence electrons. The summed E-state index contributed by atoms with van der Waals surface area (Å²) in [5.41, 5.74) is 4.85. The number of nitrogens with two attached hydrogens (primary N) is 1. The molecule has 0 spiro atoms. The van der Waals surface area contributed by atoms with Crippen LogP contribution in [0.15, 0.2) is 30.3 Å². The van der Waals surface area contributed by atoms with Crippen LogP contribution in [0.4, 0.5) is 0 Å². The van der Waals surface area contributed by atoms with Crippen LogP contribution in [0, 0.1) is 0 Å². The minimum atomic E-state index is -1.26. The van der Waals surface area contributed by atoms with Gasteiger partial charge in [0, 0.05) is 17.0 Å². The van der Waals surface area contributed by atoms with Crippen LogP contribution in [-0.2, 0) is 4.79 Å². The monoisotopic (exact) mass is 347 g/mol. The van der Waals surface area contributed by atoms with Gasteiger partial charge in [0.05, 0.1) is 24.1 Å². The summed E-state index contributed by atoms with van der Waals surface area (Å²) in [6.45, 7) is 0.583. The number of carbonyl (C=O) groups is 2. The van der Waals surface area contributed by atoms with Gasteiger partial charge in [-0.1, -0.05) is 23.7 Å². The number of pyridine rings is 1. The summed E-state index contributed by atoms with van der Waals surface area (Å²) in [5, 5.41) is 11.9. The topological polar surface area (TPSA) is 96.5 Å². The van der Waals surface area contributed by atoms with Crippen LogP contribution in [0.5, 0.6) is 0 Å². The molecule has 2 aromatic rings. The first-order valence-electron chi connectivity index (χ1n) is 7.73. The lowest BCUT2D eigenvalue weighted by atomic mass is 9.89. The number of benzene rings is 1. The van der Waals surface area contributed by atoms with Crippen molar-refractivity contribution in [1.29, 1.82) is 0 Å². The average Bonchev–Trinajstić information content (AvgIpc) is 2.52. The fourth-order valence-corrected chi connectivity index (χ4v) is 3.29. The number of aliphatic hydroxyl groups is 1. The molecule has 3 N–H and O–H groups in total. The number of hydrogen-bond acceptors (Lipinski definition) is 4. The molecule has 6 nitrogen and oxygen atoms in total. The number of piperidine rings is 1. The van der Waals surface area contributed by atoms with Crippen molar-refractivity contribution in [3.05, 3.63) is 41.0 Å². The van der Waals surface area contributed by atoms with E-state index in [1.807, 2.05) is 12.1 Å². The highest BCUT2D eigenvalue weighted by Gasteiger charge is 2.37. The van der Waals surface area contributed by atoms with Crippen LogP contribution in [0.3, 0.4) is 0 Å². The van der Waals surface area contributed by atoms with Crippen molar-refractivity contribution in [3.63, 3.8) is 0 Å². The molecule has 1 aromatic heterocycles. The van der Waals surface area contributed by atoms with Gasteiger partial charge in [-0.2, -0.15) is 0 Å². The van der Waals surface area contributed by atoms with Crippen LogP contribution in [0.25, 0.3) is 10.9 Å². The quantitative estimate of drug-likeness (QED) is 0.883. The number of nitrogens with zero attached hydrogens (tertiary/aromatic N) is 2. The Morgan fingerprint density at radius 3 is 2.83 bits per heavy atom.